The lowest BCUT2D eigenvalue weighted by Gasteiger charge is -2.30. The van der Waals surface area contributed by atoms with Gasteiger partial charge in [0.05, 0.1) is 5.69 Å². The largest absolute Gasteiger partial charge is 0.339 e. The second-order valence-corrected chi connectivity index (χ2v) is 6.73. The van der Waals surface area contributed by atoms with Crippen LogP contribution in [0.3, 0.4) is 0 Å². The number of carbonyl (C=O) groups is 2. The molecule has 27 heavy (non-hydrogen) atoms. The van der Waals surface area contributed by atoms with Crippen LogP contribution in [0.25, 0.3) is 0 Å². The summed E-state index contributed by atoms with van der Waals surface area (Å²) in [6, 6.07) is 7.60. The van der Waals surface area contributed by atoms with Gasteiger partial charge in [0, 0.05) is 24.2 Å². The van der Waals surface area contributed by atoms with Crippen LogP contribution in [0.4, 0.5) is 18.9 Å². The molecule has 2 aromatic rings. The second-order valence-electron chi connectivity index (χ2n) is 6.73. The Bertz CT molecular complexity index is 860. The minimum Gasteiger partial charge on any atom is -0.339 e. The Kier molecular flexibility index (Phi) is 5.48. The highest BCUT2D eigenvalue weighted by Crippen LogP contribution is 2.21. The molecule has 0 aromatic heterocycles. The lowest BCUT2D eigenvalue weighted by Crippen LogP contribution is -2.37. The first kappa shape index (κ1) is 18.9. The standard InChI is InChI=1S/C20H19F3N2O2/c1-12-8-10-25(11-9-12)20(27)14-4-2-13(3-5-14)19(26)24-16-7-6-15(21)17(22)18(16)23/h2-7,12H,8-11H2,1H3,(H,24,26). The van der Waals surface area contributed by atoms with Crippen LogP contribution in [-0.2, 0) is 0 Å². The number of halogens is 3. The summed E-state index contributed by atoms with van der Waals surface area (Å²) in [5.74, 6) is -4.62. The number of amides is 2. The summed E-state index contributed by atoms with van der Waals surface area (Å²) >= 11 is 0. The van der Waals surface area contributed by atoms with Gasteiger partial charge in [-0.15, -0.1) is 0 Å². The predicted molar refractivity (Wildman–Crippen MR) is 95.0 cm³/mol. The van der Waals surface area contributed by atoms with Gasteiger partial charge in [0.1, 0.15) is 0 Å². The van der Waals surface area contributed by atoms with E-state index in [1.54, 1.807) is 4.90 Å². The van der Waals surface area contributed by atoms with Gasteiger partial charge in [-0.25, -0.2) is 13.2 Å². The van der Waals surface area contributed by atoms with Crippen molar-refractivity contribution in [3.8, 4) is 0 Å². The molecule has 1 N–H and O–H groups in total. The van der Waals surface area contributed by atoms with Crippen molar-refractivity contribution in [2.45, 2.75) is 19.8 Å². The fourth-order valence-corrected chi connectivity index (χ4v) is 2.98. The number of likely N-dealkylation sites (tertiary alicyclic amines) is 1. The van der Waals surface area contributed by atoms with Crippen molar-refractivity contribution in [2.24, 2.45) is 5.92 Å². The topological polar surface area (TPSA) is 49.4 Å². The molecule has 0 radical (unpaired) electrons. The zero-order chi connectivity index (χ0) is 19.6. The Hall–Kier alpha value is -2.83. The van der Waals surface area contributed by atoms with Gasteiger partial charge in [-0.3, -0.25) is 9.59 Å². The summed E-state index contributed by atoms with van der Waals surface area (Å²) in [5.41, 5.74) is 0.171. The van der Waals surface area contributed by atoms with Gasteiger partial charge in [0.2, 0.25) is 0 Å². The molecule has 2 amide bonds. The summed E-state index contributed by atoms with van der Waals surface area (Å²) in [6.07, 6.45) is 1.93. The van der Waals surface area contributed by atoms with Crippen LogP contribution in [-0.4, -0.2) is 29.8 Å². The first-order valence-electron chi connectivity index (χ1n) is 8.71. The van der Waals surface area contributed by atoms with Crippen LogP contribution >= 0.6 is 0 Å². The summed E-state index contributed by atoms with van der Waals surface area (Å²) in [4.78, 5) is 26.5. The number of rotatable bonds is 3. The van der Waals surface area contributed by atoms with Crippen LogP contribution in [0, 0.1) is 23.4 Å². The number of hydrogen-bond acceptors (Lipinski definition) is 2. The molecule has 1 aliphatic rings. The van der Waals surface area contributed by atoms with Crippen LogP contribution in [0.2, 0.25) is 0 Å². The van der Waals surface area contributed by atoms with E-state index in [2.05, 4.69) is 12.2 Å². The molecule has 0 unspecified atom stereocenters. The molecule has 2 aromatic carbocycles. The molecular formula is C20H19F3N2O2. The van der Waals surface area contributed by atoms with Crippen molar-refractivity contribution in [3.05, 3.63) is 65.0 Å². The van der Waals surface area contributed by atoms with E-state index in [-0.39, 0.29) is 11.5 Å². The van der Waals surface area contributed by atoms with Gasteiger partial charge >= 0.3 is 0 Å². The van der Waals surface area contributed by atoms with E-state index in [0.717, 1.165) is 25.0 Å². The predicted octanol–water partition coefficient (Wildman–Crippen LogP) is 4.23. The highest BCUT2D eigenvalue weighted by Gasteiger charge is 2.22. The van der Waals surface area contributed by atoms with Gasteiger partial charge in [0.15, 0.2) is 17.5 Å². The minimum atomic E-state index is -1.65. The number of anilines is 1. The maximum absolute atomic E-state index is 13.7. The van der Waals surface area contributed by atoms with Crippen LogP contribution in [0.15, 0.2) is 36.4 Å². The molecule has 0 spiro atoms. The van der Waals surface area contributed by atoms with Crippen LogP contribution in [0.5, 0.6) is 0 Å². The van der Waals surface area contributed by atoms with Gasteiger partial charge in [-0.2, -0.15) is 0 Å². The average Bonchev–Trinajstić information content (AvgIpc) is 2.68. The molecule has 3 rings (SSSR count). The molecule has 0 atom stereocenters. The van der Waals surface area contributed by atoms with Gasteiger partial charge in [-0.1, -0.05) is 6.92 Å². The Balaban J connectivity index is 1.69. The first-order chi connectivity index (χ1) is 12.9. The zero-order valence-corrected chi connectivity index (χ0v) is 14.8. The smallest absolute Gasteiger partial charge is 0.255 e. The fraction of sp³-hybridized carbons (Fsp3) is 0.300. The molecule has 1 fully saturated rings. The Morgan fingerprint density at radius 2 is 1.52 bits per heavy atom. The van der Waals surface area contributed by atoms with Crippen molar-refractivity contribution < 1.29 is 22.8 Å². The third-order valence-electron chi connectivity index (χ3n) is 4.75. The highest BCUT2D eigenvalue weighted by atomic mass is 19.2. The van der Waals surface area contributed by atoms with E-state index in [0.29, 0.717) is 24.6 Å². The molecule has 7 heteroatoms. The third-order valence-corrected chi connectivity index (χ3v) is 4.75. The Morgan fingerprint density at radius 1 is 0.926 bits per heavy atom. The van der Waals surface area contributed by atoms with E-state index in [9.17, 15) is 22.8 Å². The molecule has 4 nitrogen and oxygen atoms in total. The van der Waals surface area contributed by atoms with E-state index in [1.165, 1.54) is 24.3 Å². The van der Waals surface area contributed by atoms with Gasteiger partial charge < -0.3 is 10.2 Å². The monoisotopic (exact) mass is 376 g/mol. The Morgan fingerprint density at radius 3 is 2.15 bits per heavy atom. The third kappa shape index (κ3) is 4.13. The molecule has 0 bridgehead atoms. The number of nitrogens with zero attached hydrogens (tertiary/aromatic N) is 1. The van der Waals surface area contributed by atoms with Crippen molar-refractivity contribution in [1.82, 2.24) is 4.90 Å². The number of carbonyl (C=O) groups excluding carboxylic acids is 2. The molecule has 1 heterocycles. The second kappa shape index (κ2) is 7.82. The Labute approximate surface area is 155 Å². The normalized spacial score (nSPS) is 14.9. The molecule has 142 valence electrons. The molecule has 0 aliphatic carbocycles. The highest BCUT2D eigenvalue weighted by molar-refractivity contribution is 6.05. The quantitative estimate of drug-likeness (QED) is 0.815. The molecular weight excluding hydrogens is 357 g/mol. The summed E-state index contributed by atoms with van der Waals surface area (Å²) < 4.78 is 39.9. The van der Waals surface area contributed by atoms with Crippen LogP contribution < -0.4 is 5.32 Å². The number of piperidine rings is 1. The molecule has 1 saturated heterocycles. The van der Waals surface area contributed by atoms with Crippen molar-refractivity contribution >= 4 is 17.5 Å². The summed E-state index contributed by atoms with van der Waals surface area (Å²) in [6.45, 7) is 3.57. The summed E-state index contributed by atoms with van der Waals surface area (Å²) in [7, 11) is 0. The van der Waals surface area contributed by atoms with E-state index >= 15 is 0 Å². The SMILES string of the molecule is CC1CCN(C(=O)c2ccc(C(=O)Nc3ccc(F)c(F)c3F)cc2)CC1. The van der Waals surface area contributed by atoms with Crippen LogP contribution in [0.1, 0.15) is 40.5 Å². The van der Waals surface area contributed by atoms with E-state index < -0.39 is 29.0 Å². The van der Waals surface area contributed by atoms with Gasteiger partial charge in [0.25, 0.3) is 11.8 Å². The zero-order valence-electron chi connectivity index (χ0n) is 14.8. The van der Waals surface area contributed by atoms with Gasteiger partial charge in [-0.05, 0) is 55.2 Å². The van der Waals surface area contributed by atoms with E-state index in [1.807, 2.05) is 0 Å². The minimum absolute atomic E-state index is 0.0968. The molecule has 1 aliphatic heterocycles. The lowest BCUT2D eigenvalue weighted by atomic mass is 9.98. The van der Waals surface area contributed by atoms with Crippen molar-refractivity contribution in [2.75, 3.05) is 18.4 Å². The molecule has 0 saturated carbocycles. The lowest BCUT2D eigenvalue weighted by molar-refractivity contribution is 0.0697. The van der Waals surface area contributed by atoms with Crippen molar-refractivity contribution in [1.29, 1.82) is 0 Å². The maximum Gasteiger partial charge on any atom is 0.255 e. The summed E-state index contributed by atoms with van der Waals surface area (Å²) in [5, 5.41) is 2.20. The van der Waals surface area contributed by atoms with Crippen molar-refractivity contribution in [3.63, 3.8) is 0 Å². The average molecular weight is 376 g/mol. The maximum atomic E-state index is 13.7. The number of hydrogen-bond donors (Lipinski definition) is 1. The number of benzene rings is 2. The van der Waals surface area contributed by atoms with E-state index in [4.69, 9.17) is 0 Å². The first-order valence-corrected chi connectivity index (χ1v) is 8.71. The number of nitrogens with one attached hydrogen (secondary N) is 1. The fourth-order valence-electron chi connectivity index (χ4n) is 2.98.